The average molecular weight is 362 g/mol. The van der Waals surface area contributed by atoms with E-state index in [4.69, 9.17) is 5.73 Å². The van der Waals surface area contributed by atoms with Crippen molar-refractivity contribution in [2.45, 2.75) is 44.0 Å². The average Bonchev–Trinajstić information content (AvgIpc) is 2.49. The highest BCUT2D eigenvalue weighted by Crippen LogP contribution is 2.26. The van der Waals surface area contributed by atoms with Gasteiger partial charge in [-0.05, 0) is 44.4 Å². The van der Waals surface area contributed by atoms with E-state index in [1.807, 2.05) is 0 Å². The first-order chi connectivity index (χ1) is 10.3. The zero-order valence-corrected chi connectivity index (χ0v) is 15.0. The van der Waals surface area contributed by atoms with E-state index in [-0.39, 0.29) is 23.2 Å². The maximum absolute atomic E-state index is 12.8. The summed E-state index contributed by atoms with van der Waals surface area (Å²) in [5.74, 6) is -0.342. The van der Waals surface area contributed by atoms with Crippen molar-refractivity contribution in [3.8, 4) is 0 Å². The van der Waals surface area contributed by atoms with Crippen LogP contribution in [0.1, 0.15) is 31.7 Å². The lowest BCUT2D eigenvalue weighted by atomic mass is 10.2. The zero-order valence-electron chi connectivity index (χ0n) is 13.4. The van der Waals surface area contributed by atoms with Crippen molar-refractivity contribution in [3.63, 3.8) is 0 Å². The Morgan fingerprint density at radius 1 is 1.26 bits per heavy atom. The number of rotatable bonds is 4. The quantitative estimate of drug-likeness (QED) is 0.856. The van der Waals surface area contributed by atoms with E-state index in [9.17, 15) is 13.2 Å². The molecule has 1 aliphatic rings. The number of carbonyl (C=O) groups excluding carboxylic acids is 1. The molecule has 8 heteroatoms. The molecule has 1 aromatic carbocycles. The summed E-state index contributed by atoms with van der Waals surface area (Å²) in [4.78, 5) is 11.9. The van der Waals surface area contributed by atoms with E-state index in [2.05, 4.69) is 5.32 Å². The number of nitrogens with zero attached hydrogens (tertiary/aromatic N) is 1. The minimum absolute atomic E-state index is 0. The van der Waals surface area contributed by atoms with Gasteiger partial charge in [0.15, 0.2) is 0 Å². The molecule has 1 heterocycles. The predicted molar refractivity (Wildman–Crippen MR) is 93.3 cm³/mol. The third-order valence-corrected chi connectivity index (χ3v) is 5.84. The monoisotopic (exact) mass is 361 g/mol. The third kappa shape index (κ3) is 4.67. The summed E-state index contributed by atoms with van der Waals surface area (Å²) in [5.41, 5.74) is 6.63. The zero-order chi connectivity index (χ0) is 16.3. The van der Waals surface area contributed by atoms with Gasteiger partial charge in [-0.25, -0.2) is 8.42 Å². The number of amides is 1. The number of anilines is 1. The fraction of sp³-hybridized carbons (Fsp3) is 0.533. The Balaban J connectivity index is 0.00000264. The normalized spacial score (nSPS) is 17.2. The first-order valence-electron chi connectivity index (χ1n) is 7.49. The highest BCUT2D eigenvalue weighted by Gasteiger charge is 2.27. The number of sulfonamides is 1. The molecule has 0 aliphatic carbocycles. The summed E-state index contributed by atoms with van der Waals surface area (Å²) in [5, 5.41) is 2.64. The molecular weight excluding hydrogens is 338 g/mol. The highest BCUT2D eigenvalue weighted by atomic mass is 35.5. The second kappa shape index (κ2) is 8.10. The summed E-state index contributed by atoms with van der Waals surface area (Å²) in [6, 6.07) is 4.25. The van der Waals surface area contributed by atoms with Gasteiger partial charge < -0.3 is 11.1 Å². The minimum atomic E-state index is -3.52. The van der Waals surface area contributed by atoms with Gasteiger partial charge in [0.2, 0.25) is 15.9 Å². The molecule has 0 bridgehead atoms. The number of piperidine rings is 1. The lowest BCUT2D eigenvalue weighted by molar-refractivity contribution is -0.117. The van der Waals surface area contributed by atoms with Crippen LogP contribution in [0.4, 0.5) is 5.69 Å². The molecule has 0 spiro atoms. The summed E-state index contributed by atoms with van der Waals surface area (Å²) < 4.78 is 27.1. The third-order valence-electron chi connectivity index (χ3n) is 3.80. The summed E-state index contributed by atoms with van der Waals surface area (Å²) in [6.07, 6.45) is 2.84. The Hall–Kier alpha value is -1.15. The van der Waals surface area contributed by atoms with Gasteiger partial charge in [0.1, 0.15) is 0 Å². The van der Waals surface area contributed by atoms with E-state index >= 15 is 0 Å². The van der Waals surface area contributed by atoms with Gasteiger partial charge in [0.05, 0.1) is 10.9 Å². The van der Waals surface area contributed by atoms with E-state index in [0.717, 1.165) is 19.3 Å². The molecule has 1 aromatic rings. The molecular formula is C15H24ClN3O3S. The smallest absolute Gasteiger partial charge is 0.243 e. The number of hydrogen-bond acceptors (Lipinski definition) is 4. The van der Waals surface area contributed by atoms with Crippen LogP contribution < -0.4 is 11.1 Å². The number of aryl methyl sites for hydroxylation is 1. The van der Waals surface area contributed by atoms with E-state index in [1.165, 1.54) is 10.4 Å². The molecule has 1 amide bonds. The fourth-order valence-corrected chi connectivity index (χ4v) is 4.22. The first-order valence-corrected chi connectivity index (χ1v) is 8.93. The lowest BCUT2D eigenvalue weighted by Crippen LogP contribution is -2.36. The standard InChI is InChI=1S/C15H23N3O3S.ClH/c1-11-6-7-13(17-15(19)12(2)16)10-14(11)22(20,21)18-8-4-3-5-9-18;/h6-7,10,12H,3-5,8-9,16H2,1-2H3,(H,17,19);1H. The summed E-state index contributed by atoms with van der Waals surface area (Å²) >= 11 is 0. The van der Waals surface area contributed by atoms with Gasteiger partial charge in [-0.15, -0.1) is 12.4 Å². The number of benzene rings is 1. The van der Waals surface area contributed by atoms with Gasteiger partial charge >= 0.3 is 0 Å². The van der Waals surface area contributed by atoms with Crippen molar-refractivity contribution in [2.75, 3.05) is 18.4 Å². The number of hydrogen-bond donors (Lipinski definition) is 2. The molecule has 3 N–H and O–H groups in total. The van der Waals surface area contributed by atoms with Gasteiger partial charge in [0.25, 0.3) is 0 Å². The number of halogens is 1. The maximum atomic E-state index is 12.8. The highest BCUT2D eigenvalue weighted by molar-refractivity contribution is 7.89. The van der Waals surface area contributed by atoms with Crippen molar-refractivity contribution in [1.29, 1.82) is 0 Å². The molecule has 0 aromatic heterocycles. The van der Waals surface area contributed by atoms with Crippen LogP contribution in [-0.2, 0) is 14.8 Å². The van der Waals surface area contributed by atoms with E-state index in [1.54, 1.807) is 26.0 Å². The Bertz CT molecular complexity index is 656. The van der Waals surface area contributed by atoms with E-state index < -0.39 is 16.1 Å². The van der Waals surface area contributed by atoms with Crippen LogP contribution in [-0.4, -0.2) is 37.8 Å². The fourth-order valence-electron chi connectivity index (χ4n) is 2.46. The topological polar surface area (TPSA) is 92.5 Å². The second-order valence-electron chi connectivity index (χ2n) is 5.72. The second-order valence-corrected chi connectivity index (χ2v) is 7.63. The number of nitrogens with two attached hydrogens (primary N) is 1. The van der Waals surface area contributed by atoms with Crippen molar-refractivity contribution >= 4 is 34.0 Å². The SMILES string of the molecule is Cc1ccc(NC(=O)C(C)N)cc1S(=O)(=O)N1CCCCC1.Cl. The van der Waals surface area contributed by atoms with Gasteiger partial charge in [-0.2, -0.15) is 4.31 Å². The Morgan fingerprint density at radius 2 is 1.87 bits per heavy atom. The van der Waals surface area contributed by atoms with Crippen molar-refractivity contribution < 1.29 is 13.2 Å². The molecule has 1 aliphatic heterocycles. The molecule has 23 heavy (non-hydrogen) atoms. The molecule has 0 saturated carbocycles. The van der Waals surface area contributed by atoms with Crippen molar-refractivity contribution in [3.05, 3.63) is 23.8 Å². The van der Waals surface area contributed by atoms with Crippen LogP contribution in [0.25, 0.3) is 0 Å². The maximum Gasteiger partial charge on any atom is 0.243 e. The molecule has 130 valence electrons. The van der Waals surface area contributed by atoms with Crippen molar-refractivity contribution in [1.82, 2.24) is 4.31 Å². The summed E-state index contributed by atoms with van der Waals surface area (Å²) in [7, 11) is -3.52. The molecule has 2 rings (SSSR count). The largest absolute Gasteiger partial charge is 0.325 e. The Morgan fingerprint density at radius 3 is 2.43 bits per heavy atom. The van der Waals surface area contributed by atoms with Gasteiger partial charge in [0, 0.05) is 18.8 Å². The van der Waals surface area contributed by atoms with Crippen LogP contribution in [0, 0.1) is 6.92 Å². The van der Waals surface area contributed by atoms with Crippen LogP contribution in [0.3, 0.4) is 0 Å². The molecule has 1 unspecified atom stereocenters. The van der Waals surface area contributed by atoms with Crippen molar-refractivity contribution in [2.24, 2.45) is 5.73 Å². The van der Waals surface area contributed by atoms with Gasteiger partial charge in [-0.1, -0.05) is 12.5 Å². The number of carbonyl (C=O) groups is 1. The predicted octanol–water partition coefficient (Wildman–Crippen LogP) is 1.88. The molecule has 0 radical (unpaired) electrons. The van der Waals surface area contributed by atoms with Gasteiger partial charge in [-0.3, -0.25) is 4.79 Å². The lowest BCUT2D eigenvalue weighted by Gasteiger charge is -2.26. The Labute approximate surface area is 143 Å². The minimum Gasteiger partial charge on any atom is -0.325 e. The molecule has 1 atom stereocenters. The number of nitrogens with one attached hydrogen (secondary N) is 1. The molecule has 1 saturated heterocycles. The van der Waals surface area contributed by atoms with Crippen LogP contribution in [0.2, 0.25) is 0 Å². The van der Waals surface area contributed by atoms with E-state index in [0.29, 0.717) is 24.3 Å². The van der Waals surface area contributed by atoms with Crippen LogP contribution >= 0.6 is 12.4 Å². The Kier molecular flexibility index (Phi) is 7.01. The molecule has 1 fully saturated rings. The van der Waals surface area contributed by atoms with Crippen LogP contribution in [0.15, 0.2) is 23.1 Å². The molecule has 6 nitrogen and oxygen atoms in total. The first kappa shape index (κ1) is 19.9. The van der Waals surface area contributed by atoms with Crippen LogP contribution in [0.5, 0.6) is 0 Å². The summed E-state index contributed by atoms with van der Waals surface area (Å²) in [6.45, 7) is 4.44.